The predicted octanol–water partition coefficient (Wildman–Crippen LogP) is 3.40. The maximum absolute atomic E-state index is 13.2. The van der Waals surface area contributed by atoms with Crippen molar-refractivity contribution < 1.29 is 18.0 Å². The van der Waals surface area contributed by atoms with Gasteiger partial charge in [0, 0.05) is 26.1 Å². The summed E-state index contributed by atoms with van der Waals surface area (Å²) in [6, 6.07) is 14.4. The summed E-state index contributed by atoms with van der Waals surface area (Å²) in [4.78, 5) is 27.2. The van der Waals surface area contributed by atoms with Gasteiger partial charge in [0.25, 0.3) is 0 Å². The van der Waals surface area contributed by atoms with Gasteiger partial charge < -0.3 is 10.2 Å². The van der Waals surface area contributed by atoms with E-state index in [4.69, 9.17) is 0 Å². The van der Waals surface area contributed by atoms with Gasteiger partial charge in [-0.2, -0.15) is 0 Å². The number of carbonyl (C=O) groups is 2. The fraction of sp³-hybridized carbons (Fsp3) is 0.440. The number of aryl methyl sites for hydroxylation is 1. The smallest absolute Gasteiger partial charge is 0.242 e. The number of hydrogen-bond acceptors (Lipinski definition) is 4. The van der Waals surface area contributed by atoms with E-state index in [-0.39, 0.29) is 24.8 Å². The molecule has 0 saturated carbocycles. The molecule has 0 radical (unpaired) electrons. The van der Waals surface area contributed by atoms with E-state index >= 15 is 0 Å². The maximum atomic E-state index is 13.2. The average Bonchev–Trinajstić information content (AvgIpc) is 2.77. The first-order chi connectivity index (χ1) is 15.6. The predicted molar refractivity (Wildman–Crippen MR) is 132 cm³/mol. The summed E-state index contributed by atoms with van der Waals surface area (Å²) in [5.41, 5.74) is 3.45. The Kier molecular flexibility index (Phi) is 9.46. The molecule has 0 spiro atoms. The number of benzene rings is 2. The monoisotopic (exact) mass is 473 g/mol. The van der Waals surface area contributed by atoms with Crippen LogP contribution in [-0.4, -0.2) is 50.5 Å². The van der Waals surface area contributed by atoms with E-state index in [9.17, 15) is 18.0 Å². The van der Waals surface area contributed by atoms with Crippen LogP contribution in [0.4, 0.5) is 5.69 Å². The molecule has 0 heterocycles. The van der Waals surface area contributed by atoms with Crippen LogP contribution >= 0.6 is 0 Å². The molecule has 0 fully saturated rings. The molecule has 0 aromatic heterocycles. The highest BCUT2D eigenvalue weighted by Crippen LogP contribution is 2.25. The van der Waals surface area contributed by atoms with E-state index < -0.39 is 16.1 Å². The topological polar surface area (TPSA) is 86.8 Å². The zero-order chi connectivity index (χ0) is 24.6. The number of amides is 2. The highest BCUT2D eigenvalue weighted by molar-refractivity contribution is 7.92. The van der Waals surface area contributed by atoms with E-state index in [2.05, 4.69) is 5.32 Å². The van der Waals surface area contributed by atoms with Crippen LogP contribution in [0.25, 0.3) is 0 Å². The fourth-order valence-electron chi connectivity index (χ4n) is 3.67. The molecule has 0 aliphatic carbocycles. The van der Waals surface area contributed by atoms with Crippen molar-refractivity contribution in [3.8, 4) is 0 Å². The number of anilines is 1. The summed E-state index contributed by atoms with van der Waals surface area (Å²) in [6.07, 6.45) is 1.65. The SMILES string of the molecule is CCNC(=O)[C@@H](C)N(Cc1ccccc1)C(=O)CCCN(c1cccc(C)c1C)S(C)(=O)=O. The van der Waals surface area contributed by atoms with Gasteiger partial charge in [-0.05, 0) is 56.9 Å². The lowest BCUT2D eigenvalue weighted by atomic mass is 10.1. The lowest BCUT2D eigenvalue weighted by Gasteiger charge is -2.29. The van der Waals surface area contributed by atoms with E-state index in [1.54, 1.807) is 17.9 Å². The van der Waals surface area contributed by atoms with E-state index in [1.165, 1.54) is 10.6 Å². The number of hydrogen-bond donors (Lipinski definition) is 1. The Hall–Kier alpha value is -2.87. The van der Waals surface area contributed by atoms with Gasteiger partial charge in [-0.1, -0.05) is 42.5 Å². The van der Waals surface area contributed by atoms with Gasteiger partial charge in [0.15, 0.2) is 0 Å². The fourth-order valence-corrected chi connectivity index (χ4v) is 4.69. The number of rotatable bonds is 11. The Morgan fingerprint density at radius 3 is 2.30 bits per heavy atom. The van der Waals surface area contributed by atoms with Crippen molar-refractivity contribution in [2.75, 3.05) is 23.7 Å². The number of nitrogens with zero attached hydrogens (tertiary/aromatic N) is 2. The molecule has 33 heavy (non-hydrogen) atoms. The minimum absolute atomic E-state index is 0.132. The summed E-state index contributed by atoms with van der Waals surface area (Å²) in [6.45, 7) is 8.35. The van der Waals surface area contributed by atoms with Crippen LogP contribution in [0.3, 0.4) is 0 Å². The first-order valence-electron chi connectivity index (χ1n) is 11.2. The third-order valence-corrected chi connectivity index (χ3v) is 6.89. The molecule has 0 unspecified atom stereocenters. The quantitative estimate of drug-likeness (QED) is 0.542. The van der Waals surface area contributed by atoms with Crippen molar-refractivity contribution in [1.29, 1.82) is 0 Å². The molecule has 180 valence electrons. The van der Waals surface area contributed by atoms with Crippen LogP contribution in [0.2, 0.25) is 0 Å². The standard InChI is InChI=1S/C25H35N3O4S/c1-6-26-25(30)21(4)27(18-22-13-8-7-9-14-22)24(29)16-11-17-28(33(5,31)32)23-15-10-12-19(2)20(23)3/h7-10,12-15,21H,6,11,16-18H2,1-5H3,(H,26,30)/t21-/m1/s1. The molecule has 2 aromatic rings. The average molecular weight is 474 g/mol. The Morgan fingerprint density at radius 2 is 1.70 bits per heavy atom. The van der Waals surface area contributed by atoms with Crippen molar-refractivity contribution in [2.24, 2.45) is 0 Å². The van der Waals surface area contributed by atoms with Crippen LogP contribution in [0, 0.1) is 13.8 Å². The van der Waals surface area contributed by atoms with Crippen LogP contribution in [0.1, 0.15) is 43.4 Å². The molecule has 0 saturated heterocycles. The van der Waals surface area contributed by atoms with E-state index in [0.717, 1.165) is 16.7 Å². The minimum Gasteiger partial charge on any atom is -0.355 e. The minimum atomic E-state index is -3.52. The van der Waals surface area contributed by atoms with Gasteiger partial charge in [-0.15, -0.1) is 0 Å². The maximum Gasteiger partial charge on any atom is 0.242 e. The van der Waals surface area contributed by atoms with Crippen molar-refractivity contribution in [1.82, 2.24) is 10.2 Å². The van der Waals surface area contributed by atoms with E-state index in [0.29, 0.717) is 25.2 Å². The van der Waals surface area contributed by atoms with Crippen LogP contribution in [0.15, 0.2) is 48.5 Å². The molecule has 1 atom stereocenters. The number of nitrogens with one attached hydrogen (secondary N) is 1. The molecule has 0 bridgehead atoms. The molecule has 7 nitrogen and oxygen atoms in total. The van der Waals surface area contributed by atoms with Gasteiger partial charge in [0.05, 0.1) is 11.9 Å². The van der Waals surface area contributed by atoms with Crippen LogP contribution in [-0.2, 0) is 26.2 Å². The highest BCUT2D eigenvalue weighted by atomic mass is 32.2. The van der Waals surface area contributed by atoms with Crippen molar-refractivity contribution >= 4 is 27.5 Å². The zero-order valence-electron chi connectivity index (χ0n) is 20.2. The number of carbonyl (C=O) groups excluding carboxylic acids is 2. The summed E-state index contributed by atoms with van der Waals surface area (Å²) in [5.74, 6) is -0.401. The lowest BCUT2D eigenvalue weighted by molar-refractivity contribution is -0.140. The molecular formula is C25H35N3O4S. The van der Waals surface area contributed by atoms with Gasteiger partial charge >= 0.3 is 0 Å². The summed E-state index contributed by atoms with van der Waals surface area (Å²) < 4.78 is 26.3. The second-order valence-corrected chi connectivity index (χ2v) is 10.1. The van der Waals surface area contributed by atoms with E-state index in [1.807, 2.05) is 63.2 Å². The van der Waals surface area contributed by atoms with Gasteiger partial charge in [-0.25, -0.2) is 8.42 Å². The van der Waals surface area contributed by atoms with Gasteiger partial charge in [-0.3, -0.25) is 13.9 Å². The first-order valence-corrected chi connectivity index (χ1v) is 13.1. The molecule has 2 aromatic carbocycles. The molecule has 0 aliphatic heterocycles. The van der Waals surface area contributed by atoms with Gasteiger partial charge in [0.2, 0.25) is 21.8 Å². The molecule has 1 N–H and O–H groups in total. The van der Waals surface area contributed by atoms with Crippen molar-refractivity contribution in [3.05, 3.63) is 65.2 Å². The third kappa shape index (κ3) is 7.32. The Labute approximate surface area is 197 Å². The molecule has 2 amide bonds. The lowest BCUT2D eigenvalue weighted by Crippen LogP contribution is -2.47. The Morgan fingerprint density at radius 1 is 1.03 bits per heavy atom. The molecule has 2 rings (SSSR count). The van der Waals surface area contributed by atoms with Crippen LogP contribution in [0.5, 0.6) is 0 Å². The second kappa shape index (κ2) is 11.8. The highest BCUT2D eigenvalue weighted by Gasteiger charge is 2.26. The number of likely N-dealkylation sites (N-methyl/N-ethyl adjacent to an activating group) is 1. The largest absolute Gasteiger partial charge is 0.355 e. The first kappa shape index (κ1) is 26.4. The van der Waals surface area contributed by atoms with Gasteiger partial charge in [0.1, 0.15) is 6.04 Å². The summed E-state index contributed by atoms with van der Waals surface area (Å²) >= 11 is 0. The van der Waals surface area contributed by atoms with Crippen molar-refractivity contribution in [3.63, 3.8) is 0 Å². The summed E-state index contributed by atoms with van der Waals surface area (Å²) in [7, 11) is -3.52. The Balaban J connectivity index is 2.17. The normalized spacial score (nSPS) is 12.2. The molecule has 0 aliphatic rings. The Bertz CT molecular complexity index is 1050. The number of sulfonamides is 1. The zero-order valence-corrected chi connectivity index (χ0v) is 21.0. The second-order valence-electron chi connectivity index (χ2n) is 8.24. The molecule has 8 heteroatoms. The van der Waals surface area contributed by atoms with Crippen LogP contribution < -0.4 is 9.62 Å². The molecular weight excluding hydrogens is 438 g/mol. The van der Waals surface area contributed by atoms with Crippen molar-refractivity contribution in [2.45, 2.75) is 53.1 Å². The summed E-state index contributed by atoms with van der Waals surface area (Å²) in [5, 5.41) is 2.77. The third-order valence-electron chi connectivity index (χ3n) is 5.71.